The van der Waals surface area contributed by atoms with Crippen LogP contribution in [0.15, 0.2) is 10.5 Å². The Balaban J connectivity index is 2.00. The van der Waals surface area contributed by atoms with Gasteiger partial charge in [0.2, 0.25) is 0 Å². The molecule has 6 nitrogen and oxygen atoms in total. The number of benzene rings is 1. The molecule has 1 atom stereocenters. The fourth-order valence-corrected chi connectivity index (χ4v) is 3.41. The summed E-state index contributed by atoms with van der Waals surface area (Å²) in [7, 11) is 1.58. The number of rotatable bonds is 2. The highest BCUT2D eigenvalue weighted by Gasteiger charge is 2.42. The first-order valence-electron chi connectivity index (χ1n) is 7.47. The van der Waals surface area contributed by atoms with Crippen LogP contribution >= 0.6 is 0 Å². The minimum absolute atomic E-state index is 0.217. The van der Waals surface area contributed by atoms with Gasteiger partial charge in [-0.3, -0.25) is 4.79 Å². The van der Waals surface area contributed by atoms with Crippen LogP contribution < -0.4 is 4.74 Å². The van der Waals surface area contributed by atoms with Crippen LogP contribution in [0.25, 0.3) is 11.0 Å². The van der Waals surface area contributed by atoms with Crippen molar-refractivity contribution in [2.45, 2.75) is 38.9 Å². The van der Waals surface area contributed by atoms with Gasteiger partial charge in [-0.2, -0.15) is 0 Å². The van der Waals surface area contributed by atoms with Crippen molar-refractivity contribution in [3.8, 4) is 5.75 Å². The van der Waals surface area contributed by atoms with Crippen molar-refractivity contribution in [3.05, 3.63) is 28.5 Å². The monoisotopic (exact) mass is 316 g/mol. The normalized spacial score (nSPS) is 23.1. The average molecular weight is 316 g/mol. The van der Waals surface area contributed by atoms with Crippen LogP contribution in [0.2, 0.25) is 0 Å². The van der Waals surface area contributed by atoms with Gasteiger partial charge in [0.15, 0.2) is 11.2 Å². The summed E-state index contributed by atoms with van der Waals surface area (Å²) in [5.41, 5.74) is 1.71. The molecule has 120 valence electrons. The zero-order chi connectivity index (χ0) is 16.4. The predicted octanol–water partition coefficient (Wildman–Crippen LogP) is 2.97. The molecular formula is C17H16O6. The van der Waals surface area contributed by atoms with Crippen LogP contribution in [0.3, 0.4) is 0 Å². The highest BCUT2D eigenvalue weighted by molar-refractivity contribution is 6.08. The van der Waals surface area contributed by atoms with Gasteiger partial charge in [-0.15, -0.1) is 0 Å². The summed E-state index contributed by atoms with van der Waals surface area (Å²) in [5.74, 6) is 0.523. The van der Waals surface area contributed by atoms with E-state index in [4.69, 9.17) is 18.6 Å². The maximum atomic E-state index is 12.1. The number of carbonyl (C=O) groups is 2. The van der Waals surface area contributed by atoms with Crippen LogP contribution in [0.4, 0.5) is 0 Å². The fraction of sp³-hybridized carbons (Fsp3) is 0.412. The van der Waals surface area contributed by atoms with E-state index in [0.717, 1.165) is 11.1 Å². The Bertz CT molecular complexity index is 862. The number of methoxy groups -OCH3 is 1. The maximum Gasteiger partial charge on any atom is 0.342 e. The van der Waals surface area contributed by atoms with E-state index in [1.807, 2.05) is 13.8 Å². The topological polar surface area (TPSA) is 75.0 Å². The summed E-state index contributed by atoms with van der Waals surface area (Å²) < 4.78 is 22.0. The highest BCUT2D eigenvalue weighted by atomic mass is 16.6. The summed E-state index contributed by atoms with van der Waals surface area (Å²) in [4.78, 5) is 23.6. The Morgan fingerprint density at radius 2 is 2.09 bits per heavy atom. The Kier molecular flexibility index (Phi) is 2.76. The molecule has 4 rings (SSSR count). The molecule has 1 unspecified atom stereocenters. The van der Waals surface area contributed by atoms with E-state index < -0.39 is 11.6 Å². The molecule has 6 heteroatoms. The van der Waals surface area contributed by atoms with Gasteiger partial charge in [-0.25, -0.2) is 4.79 Å². The molecule has 0 saturated carbocycles. The van der Waals surface area contributed by atoms with Gasteiger partial charge in [0.05, 0.1) is 12.5 Å². The molecule has 0 N–H and O–H groups in total. The second-order valence-corrected chi connectivity index (χ2v) is 6.15. The number of esters is 2. The number of fused-ring (bicyclic) bond motifs is 3. The largest absolute Gasteiger partial charge is 0.496 e. The van der Waals surface area contributed by atoms with Crippen LogP contribution in [0.1, 0.15) is 47.0 Å². The first kappa shape index (κ1) is 14.1. The number of ether oxygens (including phenoxy) is 3. The Morgan fingerprint density at radius 1 is 1.30 bits per heavy atom. The summed E-state index contributed by atoms with van der Waals surface area (Å²) >= 11 is 0. The van der Waals surface area contributed by atoms with E-state index in [9.17, 15) is 9.59 Å². The first-order chi connectivity index (χ1) is 10.9. The Hall–Kier alpha value is -2.50. The van der Waals surface area contributed by atoms with Gasteiger partial charge >= 0.3 is 11.9 Å². The molecule has 1 aromatic carbocycles. The van der Waals surface area contributed by atoms with Crippen molar-refractivity contribution in [3.63, 3.8) is 0 Å². The summed E-state index contributed by atoms with van der Waals surface area (Å²) in [6.07, 6.45) is 0.892. The maximum absolute atomic E-state index is 12.1. The third kappa shape index (κ3) is 1.81. The second kappa shape index (κ2) is 4.50. The van der Waals surface area contributed by atoms with Crippen LogP contribution in [-0.4, -0.2) is 19.0 Å². The lowest BCUT2D eigenvalue weighted by atomic mass is 9.97. The Morgan fingerprint density at radius 3 is 2.74 bits per heavy atom. The van der Waals surface area contributed by atoms with Crippen molar-refractivity contribution in [2.24, 2.45) is 0 Å². The van der Waals surface area contributed by atoms with Crippen molar-refractivity contribution in [1.29, 1.82) is 0 Å². The van der Waals surface area contributed by atoms with Crippen LogP contribution in [0.5, 0.6) is 5.75 Å². The predicted molar refractivity (Wildman–Crippen MR) is 79.3 cm³/mol. The Labute approximate surface area is 132 Å². The lowest BCUT2D eigenvalue weighted by molar-refractivity contribution is -0.149. The molecule has 1 saturated heterocycles. The zero-order valence-electron chi connectivity index (χ0n) is 13.1. The summed E-state index contributed by atoms with van der Waals surface area (Å²) in [5, 5.41) is 0.696. The summed E-state index contributed by atoms with van der Waals surface area (Å²) in [6.45, 7) is 3.92. The van der Waals surface area contributed by atoms with Crippen molar-refractivity contribution >= 4 is 22.9 Å². The second-order valence-electron chi connectivity index (χ2n) is 6.15. The fourth-order valence-electron chi connectivity index (χ4n) is 3.41. The quantitative estimate of drug-likeness (QED) is 0.793. The zero-order valence-corrected chi connectivity index (χ0v) is 13.1. The molecule has 2 aliphatic heterocycles. The van der Waals surface area contributed by atoms with Gasteiger partial charge in [-0.05, 0) is 25.5 Å². The summed E-state index contributed by atoms with van der Waals surface area (Å²) in [6, 6.07) is 1.80. The minimum atomic E-state index is -0.815. The van der Waals surface area contributed by atoms with E-state index in [1.54, 1.807) is 13.2 Å². The van der Waals surface area contributed by atoms with Crippen molar-refractivity contribution < 1.29 is 28.2 Å². The lowest BCUT2D eigenvalue weighted by Crippen LogP contribution is -2.19. The van der Waals surface area contributed by atoms with Crippen LogP contribution in [-0.2, 0) is 26.5 Å². The molecule has 1 fully saturated rings. The number of cyclic esters (lactones) is 2. The smallest absolute Gasteiger partial charge is 0.342 e. The standard InChI is InChI=1S/C17H16O6/c1-8-10-7-21-16(19)13(10)15-9(14(8)20-3)6-11(22-15)17(2)5-4-12(18)23-17/h6H,4-5,7H2,1-3H3. The van der Waals surface area contributed by atoms with Gasteiger partial charge < -0.3 is 18.6 Å². The molecule has 0 aliphatic carbocycles. The van der Waals surface area contributed by atoms with E-state index in [2.05, 4.69) is 0 Å². The number of carbonyl (C=O) groups excluding carboxylic acids is 2. The van der Waals surface area contributed by atoms with Crippen LogP contribution in [0, 0.1) is 6.92 Å². The first-order valence-corrected chi connectivity index (χ1v) is 7.47. The highest BCUT2D eigenvalue weighted by Crippen LogP contribution is 2.45. The molecule has 0 spiro atoms. The molecule has 0 amide bonds. The third-order valence-corrected chi connectivity index (χ3v) is 4.72. The van der Waals surface area contributed by atoms with Gasteiger partial charge in [-0.1, -0.05) is 0 Å². The van der Waals surface area contributed by atoms with E-state index in [1.165, 1.54) is 0 Å². The van der Waals surface area contributed by atoms with Gasteiger partial charge in [0.1, 0.15) is 23.7 Å². The van der Waals surface area contributed by atoms with Crippen molar-refractivity contribution in [2.75, 3.05) is 7.11 Å². The number of hydrogen-bond acceptors (Lipinski definition) is 6. The molecule has 0 radical (unpaired) electrons. The lowest BCUT2D eigenvalue weighted by Gasteiger charge is -2.19. The van der Waals surface area contributed by atoms with E-state index >= 15 is 0 Å². The van der Waals surface area contributed by atoms with E-state index in [-0.39, 0.29) is 12.6 Å². The van der Waals surface area contributed by atoms with Gasteiger partial charge in [0.25, 0.3) is 0 Å². The molecule has 0 bridgehead atoms. The van der Waals surface area contributed by atoms with Gasteiger partial charge in [0, 0.05) is 18.4 Å². The molecule has 2 aromatic rings. The minimum Gasteiger partial charge on any atom is -0.496 e. The molecular weight excluding hydrogens is 300 g/mol. The molecule has 1 aromatic heterocycles. The number of hydrogen-bond donors (Lipinski definition) is 0. The number of furan rings is 1. The SMILES string of the molecule is COc1c(C)c2c(c3oc(C4(C)CCC(=O)O4)cc13)C(=O)OC2. The molecule has 23 heavy (non-hydrogen) atoms. The average Bonchev–Trinajstić information content (AvgIpc) is 3.18. The van der Waals surface area contributed by atoms with Crippen molar-refractivity contribution in [1.82, 2.24) is 0 Å². The molecule has 2 aliphatic rings. The molecule has 3 heterocycles. The third-order valence-electron chi connectivity index (χ3n) is 4.72. The van der Waals surface area contributed by atoms with E-state index in [0.29, 0.717) is 40.9 Å².